The summed E-state index contributed by atoms with van der Waals surface area (Å²) < 4.78 is 6.61. The van der Waals surface area contributed by atoms with Gasteiger partial charge >= 0.3 is 0 Å². The van der Waals surface area contributed by atoms with Crippen LogP contribution in [0, 0.1) is 0 Å². The molecule has 16 heavy (non-hydrogen) atoms. The third-order valence-corrected chi connectivity index (χ3v) is 11.5. The Morgan fingerprint density at radius 1 is 1.00 bits per heavy atom. The third-order valence-electron chi connectivity index (χ3n) is 4.29. The van der Waals surface area contributed by atoms with E-state index in [0.29, 0.717) is 10.8 Å². The highest BCUT2D eigenvalue weighted by Crippen LogP contribution is 2.42. The molecule has 0 radical (unpaired) electrons. The first-order valence-electron chi connectivity index (χ1n) is 6.65. The van der Waals surface area contributed by atoms with Gasteiger partial charge in [-0.3, -0.25) is 0 Å². The molecule has 0 aliphatic rings. The maximum Gasteiger partial charge on any atom is 0.192 e. The average Bonchev–Trinajstić information content (AvgIpc) is 2.12. The summed E-state index contributed by atoms with van der Waals surface area (Å²) in [6, 6.07) is 0. The Balaban J connectivity index is 4.81. The molecule has 0 heterocycles. The van der Waals surface area contributed by atoms with Crippen LogP contribution in [0.2, 0.25) is 37.8 Å². The molecule has 0 bridgehead atoms. The van der Waals surface area contributed by atoms with Crippen LogP contribution in [0.4, 0.5) is 0 Å². The summed E-state index contributed by atoms with van der Waals surface area (Å²) in [5.74, 6) is 0. The first-order valence-corrected chi connectivity index (χ1v) is 13.1. The summed E-state index contributed by atoms with van der Waals surface area (Å²) in [6.07, 6.45) is 2.39. The molecule has 0 spiro atoms. The Kier molecular flexibility index (Phi) is 5.49. The van der Waals surface area contributed by atoms with Gasteiger partial charge in [-0.1, -0.05) is 53.8 Å². The monoisotopic (exact) mass is 260 g/mol. The summed E-state index contributed by atoms with van der Waals surface area (Å²) in [5, 5.41) is 0.375. The molecule has 0 rings (SSSR count). The molecule has 1 nitrogen and oxygen atoms in total. The van der Waals surface area contributed by atoms with Gasteiger partial charge in [0, 0.05) is 5.73 Å². The van der Waals surface area contributed by atoms with E-state index in [1.807, 2.05) is 0 Å². The fraction of sp³-hybridized carbons (Fsp3) is 1.00. The molecule has 0 aromatic heterocycles. The van der Waals surface area contributed by atoms with Crippen molar-refractivity contribution in [1.82, 2.24) is 0 Å². The molecule has 0 N–H and O–H groups in total. The van der Waals surface area contributed by atoms with E-state index in [9.17, 15) is 0 Å². The van der Waals surface area contributed by atoms with E-state index in [-0.39, 0.29) is 0 Å². The Bertz CT molecular complexity index is 216. The Hall–Kier alpha value is 0.394. The van der Waals surface area contributed by atoms with Gasteiger partial charge in [0.2, 0.25) is 0 Å². The maximum absolute atomic E-state index is 6.61. The van der Waals surface area contributed by atoms with Crippen molar-refractivity contribution in [3.05, 3.63) is 0 Å². The largest absolute Gasteiger partial charge is 0.417 e. The van der Waals surface area contributed by atoms with Gasteiger partial charge in [0.1, 0.15) is 0 Å². The van der Waals surface area contributed by atoms with Gasteiger partial charge in [-0.2, -0.15) is 0 Å². The topological polar surface area (TPSA) is 9.23 Å². The molecule has 98 valence electrons. The molecule has 0 aliphatic carbocycles. The summed E-state index contributed by atoms with van der Waals surface area (Å²) in [7, 11) is -2.77. The third kappa shape index (κ3) is 4.00. The quantitative estimate of drug-likeness (QED) is 0.607. The minimum Gasteiger partial charge on any atom is -0.417 e. The molecule has 0 aliphatic heterocycles. The van der Waals surface area contributed by atoms with Crippen molar-refractivity contribution in [3.63, 3.8) is 0 Å². The fourth-order valence-electron chi connectivity index (χ4n) is 1.81. The van der Waals surface area contributed by atoms with Crippen molar-refractivity contribution >= 4 is 16.4 Å². The van der Waals surface area contributed by atoms with Gasteiger partial charge < -0.3 is 4.43 Å². The van der Waals surface area contributed by atoms with Gasteiger partial charge in [0.15, 0.2) is 8.32 Å². The Morgan fingerprint density at radius 3 is 1.69 bits per heavy atom. The van der Waals surface area contributed by atoms with E-state index in [0.717, 1.165) is 0 Å². The van der Waals surface area contributed by atoms with E-state index < -0.39 is 16.4 Å². The molecule has 0 aromatic rings. The van der Waals surface area contributed by atoms with Crippen LogP contribution in [-0.4, -0.2) is 22.1 Å². The standard InChI is InChI=1S/C13H32OSi2/c1-10-12(15(5,6)7)14-16(8,9)13(3,4)11-2/h12H,10-11H2,1-9H3. The fourth-order valence-corrected chi connectivity index (χ4v) is 7.38. The molecule has 1 atom stereocenters. The van der Waals surface area contributed by atoms with Crippen molar-refractivity contribution in [3.8, 4) is 0 Å². The van der Waals surface area contributed by atoms with E-state index in [1.54, 1.807) is 0 Å². The predicted molar refractivity (Wildman–Crippen MR) is 80.3 cm³/mol. The van der Waals surface area contributed by atoms with E-state index >= 15 is 0 Å². The molecule has 0 aromatic carbocycles. The van der Waals surface area contributed by atoms with E-state index in [4.69, 9.17) is 4.43 Å². The van der Waals surface area contributed by atoms with Crippen molar-refractivity contribution in [1.29, 1.82) is 0 Å². The second kappa shape index (κ2) is 5.36. The van der Waals surface area contributed by atoms with Crippen LogP contribution < -0.4 is 0 Å². The highest BCUT2D eigenvalue weighted by atomic mass is 28.4. The van der Waals surface area contributed by atoms with Gasteiger partial charge in [0.25, 0.3) is 0 Å². The summed E-state index contributed by atoms with van der Waals surface area (Å²) in [5.41, 5.74) is 0.528. The average molecular weight is 261 g/mol. The van der Waals surface area contributed by atoms with Crippen LogP contribution >= 0.6 is 0 Å². The van der Waals surface area contributed by atoms with Gasteiger partial charge in [-0.05, 0) is 24.6 Å². The van der Waals surface area contributed by atoms with Gasteiger partial charge in [0.05, 0.1) is 8.07 Å². The molecule has 3 heteroatoms. The Labute approximate surface area is 105 Å². The second-order valence-electron chi connectivity index (χ2n) is 7.13. The van der Waals surface area contributed by atoms with E-state index in [2.05, 4.69) is 60.4 Å². The first kappa shape index (κ1) is 16.4. The highest BCUT2D eigenvalue weighted by Gasteiger charge is 2.43. The second-order valence-corrected chi connectivity index (χ2v) is 17.1. The zero-order valence-electron chi connectivity index (χ0n) is 12.9. The van der Waals surface area contributed by atoms with Crippen LogP contribution in [0.15, 0.2) is 0 Å². The van der Waals surface area contributed by atoms with Crippen LogP contribution in [0.1, 0.15) is 40.5 Å². The lowest BCUT2D eigenvalue weighted by atomic mass is 10.1. The minimum atomic E-state index is -1.59. The first-order chi connectivity index (χ1) is 6.98. The molecular formula is C13H32OSi2. The van der Waals surface area contributed by atoms with Gasteiger partial charge in [-0.25, -0.2) is 0 Å². The molecule has 0 saturated heterocycles. The smallest absolute Gasteiger partial charge is 0.192 e. The van der Waals surface area contributed by atoms with Crippen molar-refractivity contribution in [2.24, 2.45) is 0 Å². The minimum absolute atomic E-state index is 0.375. The summed E-state index contributed by atoms with van der Waals surface area (Å²) in [4.78, 5) is 0. The van der Waals surface area contributed by atoms with Crippen LogP contribution in [0.3, 0.4) is 0 Å². The lowest BCUT2D eigenvalue weighted by Gasteiger charge is -2.44. The van der Waals surface area contributed by atoms with Crippen molar-refractivity contribution < 1.29 is 4.43 Å². The summed E-state index contributed by atoms with van der Waals surface area (Å²) in [6.45, 7) is 21.3. The summed E-state index contributed by atoms with van der Waals surface area (Å²) >= 11 is 0. The highest BCUT2D eigenvalue weighted by molar-refractivity contribution is 6.80. The lowest BCUT2D eigenvalue weighted by Crippen LogP contribution is -2.51. The molecular weight excluding hydrogens is 228 g/mol. The zero-order valence-corrected chi connectivity index (χ0v) is 14.9. The number of rotatable bonds is 6. The molecule has 1 unspecified atom stereocenters. The zero-order chi connectivity index (χ0) is 13.2. The van der Waals surface area contributed by atoms with Crippen molar-refractivity contribution in [2.75, 3.05) is 0 Å². The van der Waals surface area contributed by atoms with Crippen LogP contribution in [-0.2, 0) is 4.43 Å². The SMILES string of the molecule is CCC(O[Si](C)(C)C(C)(C)CC)[Si](C)(C)C. The predicted octanol–water partition coefficient (Wildman–Crippen LogP) is 5.05. The van der Waals surface area contributed by atoms with Crippen LogP contribution in [0.5, 0.6) is 0 Å². The number of hydrogen-bond acceptors (Lipinski definition) is 1. The van der Waals surface area contributed by atoms with Gasteiger partial charge in [-0.15, -0.1) is 0 Å². The lowest BCUT2D eigenvalue weighted by molar-refractivity contribution is 0.235. The van der Waals surface area contributed by atoms with Crippen LogP contribution in [0.25, 0.3) is 0 Å². The molecule has 0 amide bonds. The Morgan fingerprint density at radius 2 is 1.44 bits per heavy atom. The number of hydrogen-bond donors (Lipinski definition) is 0. The van der Waals surface area contributed by atoms with Crippen molar-refractivity contribution in [2.45, 2.75) is 84.0 Å². The maximum atomic E-state index is 6.61. The molecule has 0 fully saturated rings. The molecule has 0 saturated carbocycles. The normalized spacial score (nSPS) is 16.3. The van der Waals surface area contributed by atoms with E-state index in [1.165, 1.54) is 12.8 Å².